The van der Waals surface area contributed by atoms with Gasteiger partial charge in [0.15, 0.2) is 0 Å². The Balaban J connectivity index is 0.000000335. The highest BCUT2D eigenvalue weighted by atomic mass is 16.6. The van der Waals surface area contributed by atoms with Crippen LogP contribution in [0.3, 0.4) is 0 Å². The van der Waals surface area contributed by atoms with Crippen molar-refractivity contribution in [2.45, 2.75) is 69.5 Å². The van der Waals surface area contributed by atoms with Crippen molar-refractivity contribution in [2.24, 2.45) is 5.10 Å². The summed E-state index contributed by atoms with van der Waals surface area (Å²) in [4.78, 5) is 101. The van der Waals surface area contributed by atoms with Crippen LogP contribution in [-0.4, -0.2) is 105 Å². The van der Waals surface area contributed by atoms with Crippen LogP contribution in [0.4, 0.5) is 14.4 Å². The molecule has 0 radical (unpaired) electrons. The molecule has 2 aliphatic rings. The Bertz CT molecular complexity index is 3250. The number of fused-ring (bicyclic) bond motifs is 6. The van der Waals surface area contributed by atoms with E-state index in [0.29, 0.717) is 12.8 Å². The van der Waals surface area contributed by atoms with Crippen molar-refractivity contribution in [3.63, 3.8) is 0 Å². The van der Waals surface area contributed by atoms with Crippen LogP contribution >= 0.6 is 0 Å². The summed E-state index contributed by atoms with van der Waals surface area (Å²) >= 11 is 0. The van der Waals surface area contributed by atoms with Crippen molar-refractivity contribution >= 4 is 53.5 Å². The van der Waals surface area contributed by atoms with E-state index in [0.717, 1.165) is 55.6 Å². The molecular formula is C66H73N7O12. The molecule has 0 bridgehead atoms. The molecule has 2 atom stereocenters. The van der Waals surface area contributed by atoms with E-state index in [4.69, 9.17) is 18.9 Å². The molecule has 0 saturated heterocycles. The Morgan fingerprint density at radius 1 is 0.494 bits per heavy atom. The number of alkyl carbamates (subject to hydrolysis) is 2. The number of hydrazone groups is 1. The Kier molecular flexibility index (Phi) is 23.4. The third-order valence-corrected chi connectivity index (χ3v) is 13.9. The lowest BCUT2D eigenvalue weighted by Crippen LogP contribution is -2.50. The van der Waals surface area contributed by atoms with E-state index < -0.39 is 79.0 Å². The molecule has 0 aliphatic heterocycles. The van der Waals surface area contributed by atoms with Gasteiger partial charge in [-0.25, -0.2) is 19.8 Å². The second-order valence-electron chi connectivity index (χ2n) is 19.6. The van der Waals surface area contributed by atoms with Gasteiger partial charge < -0.3 is 45.5 Å². The summed E-state index contributed by atoms with van der Waals surface area (Å²) < 4.78 is 20.9. The van der Waals surface area contributed by atoms with Crippen molar-refractivity contribution in [1.29, 1.82) is 0 Å². The van der Waals surface area contributed by atoms with E-state index in [2.05, 4.69) is 50.3 Å². The first-order valence-electron chi connectivity index (χ1n) is 28.0. The predicted molar refractivity (Wildman–Crippen MR) is 325 cm³/mol. The van der Waals surface area contributed by atoms with Gasteiger partial charge in [-0.2, -0.15) is 5.10 Å². The number of carbonyl (C=O) groups is 8. The fraction of sp³-hybridized carbons (Fsp3) is 0.258. The number of nitrogens with one attached hydrogen (secondary N) is 6. The summed E-state index contributed by atoms with van der Waals surface area (Å²) in [7, 11) is 0. The van der Waals surface area contributed by atoms with E-state index >= 15 is 0 Å². The van der Waals surface area contributed by atoms with Gasteiger partial charge in [0.05, 0.1) is 12.1 Å². The second-order valence-corrected chi connectivity index (χ2v) is 19.6. The Hall–Kier alpha value is -10.2. The third kappa shape index (κ3) is 17.2. The van der Waals surface area contributed by atoms with Gasteiger partial charge in [-0.3, -0.25) is 24.0 Å². The molecule has 19 heteroatoms. The maximum Gasteiger partial charge on any atom is 0.407 e. The molecular weight excluding hydrogens is 1080 g/mol. The van der Waals surface area contributed by atoms with Gasteiger partial charge in [0.1, 0.15) is 51.3 Å². The predicted octanol–water partition coefficient (Wildman–Crippen LogP) is 9.58. The van der Waals surface area contributed by atoms with Gasteiger partial charge in [0.2, 0.25) is 5.78 Å². The molecule has 0 aromatic heterocycles. The molecule has 85 heavy (non-hydrogen) atoms. The fourth-order valence-corrected chi connectivity index (χ4v) is 9.95. The van der Waals surface area contributed by atoms with Gasteiger partial charge in [-0.05, 0) is 68.5 Å². The Morgan fingerprint density at radius 3 is 1.28 bits per heavy atom. The highest BCUT2D eigenvalue weighted by Gasteiger charge is 2.33. The lowest BCUT2D eigenvalue weighted by Gasteiger charge is -2.22. The van der Waals surface area contributed by atoms with Crippen LogP contribution in [0.1, 0.15) is 93.6 Å². The molecule has 0 saturated carbocycles. The molecule has 6 amide bonds. The highest BCUT2D eigenvalue weighted by molar-refractivity contribution is 6.41. The normalized spacial score (nSPS) is 12.6. The van der Waals surface area contributed by atoms with Gasteiger partial charge in [0, 0.05) is 14.7 Å². The number of nitrogens with zero attached hydrogens (tertiary/aromatic N) is 1. The average molecular weight is 1160 g/mol. The maximum absolute atomic E-state index is 13.5. The number of Topliss-reactive ketones (excluding diaryl/α,β-unsaturated/α-hetero) is 1. The lowest BCUT2D eigenvalue weighted by atomic mass is 9.98. The SMILES string of the molecule is C=CCOC(=O)CNC(=O)C(=NNC(=O)NC(c1ccccc1)c1ccccc1)[C@H](CCC)NC(=O)OCC1c2ccccc2-c2ccccc21.C=CCOC(=O)CNC(=O)C(=O)[C@H](CCC)NC(=O)OCC1c2ccccc2-c2ccccc21.[HH].[HH]. The molecule has 8 rings (SSSR count). The van der Waals surface area contributed by atoms with Crippen LogP contribution in [0.15, 0.2) is 188 Å². The zero-order chi connectivity index (χ0) is 60.5. The summed E-state index contributed by atoms with van der Waals surface area (Å²) in [6.45, 7) is 9.84. The highest BCUT2D eigenvalue weighted by Crippen LogP contribution is 2.45. The number of urea groups is 1. The van der Waals surface area contributed by atoms with Crippen molar-refractivity contribution < 1.29 is 60.2 Å². The Morgan fingerprint density at radius 2 is 0.871 bits per heavy atom. The molecule has 0 fully saturated rings. The molecule has 0 unspecified atom stereocenters. The van der Waals surface area contributed by atoms with E-state index in [-0.39, 0.29) is 59.7 Å². The topological polar surface area (TPSA) is 258 Å². The number of hydrogen-bond donors (Lipinski definition) is 6. The zero-order valence-corrected chi connectivity index (χ0v) is 47.4. The van der Waals surface area contributed by atoms with E-state index in [1.807, 2.05) is 172 Å². The first kappa shape index (κ1) is 62.4. The van der Waals surface area contributed by atoms with Crippen LogP contribution in [0.5, 0.6) is 0 Å². The number of hydrogen-bond acceptors (Lipinski definition) is 13. The molecule has 2 aliphatic carbocycles. The minimum absolute atomic E-state index is 0. The monoisotopic (exact) mass is 1160 g/mol. The van der Waals surface area contributed by atoms with E-state index in [9.17, 15) is 38.4 Å². The number of carbonyl (C=O) groups excluding carboxylic acids is 8. The summed E-state index contributed by atoms with van der Waals surface area (Å²) in [5, 5.41) is 17.0. The van der Waals surface area contributed by atoms with Crippen LogP contribution in [-0.2, 0) is 42.9 Å². The van der Waals surface area contributed by atoms with Crippen LogP contribution in [0.25, 0.3) is 22.3 Å². The van der Waals surface area contributed by atoms with Gasteiger partial charge in [0.25, 0.3) is 11.8 Å². The van der Waals surface area contributed by atoms with Crippen LogP contribution < -0.4 is 32.0 Å². The standard InChI is InChI=1S/C40H41N5O6.C26H28N2O6.2H2/c1-3-15-34(42-40(49)51-26-33-31-22-13-11-20-29(31)30-21-12-14-23-32(30)33)37(38(47)41-25-35(46)50-24-4-2)44-45-39(48)43-36(27-16-7-5-8-17-27)28-18-9-6-10-19-28;1-3-9-22(24(30)25(31)27-15-23(29)33-14-4-2)28-26(32)34-16-21-19-12-7-5-10-17(19)18-11-6-8-13-20(18)21;;/h4-14,16-23,33-34,36H,2-3,15,24-26H2,1H3,(H,41,47)(H,42,49)(H2,43,45,48);4-8,10-13,21-22H,2-3,9,14-16H2,1H3,(H,27,31)(H,28,32);2*1H/t34-;22-;;/m00../s1. The van der Waals surface area contributed by atoms with E-state index in [1.165, 1.54) is 12.2 Å². The average Bonchev–Trinajstić information content (AvgIpc) is 1.71. The van der Waals surface area contributed by atoms with Gasteiger partial charge in [-0.1, -0.05) is 210 Å². The molecule has 6 aromatic carbocycles. The molecule has 0 spiro atoms. The smallest absolute Gasteiger partial charge is 0.407 e. The van der Waals surface area contributed by atoms with Crippen molar-refractivity contribution in [2.75, 3.05) is 39.5 Å². The van der Waals surface area contributed by atoms with Crippen LogP contribution in [0, 0.1) is 0 Å². The number of ether oxygens (including phenoxy) is 4. The lowest BCUT2D eigenvalue weighted by molar-refractivity contribution is -0.144. The summed E-state index contributed by atoms with van der Waals surface area (Å²) in [6.07, 6.45) is 2.86. The number of benzene rings is 6. The number of amides is 6. The minimum atomic E-state index is -1.06. The minimum Gasteiger partial charge on any atom is -0.460 e. The van der Waals surface area contributed by atoms with Gasteiger partial charge >= 0.3 is 30.2 Å². The first-order chi connectivity index (χ1) is 41.3. The summed E-state index contributed by atoms with van der Waals surface area (Å²) in [5.41, 5.74) is 12.5. The number of esters is 2. The fourth-order valence-electron chi connectivity index (χ4n) is 9.95. The zero-order valence-electron chi connectivity index (χ0n) is 47.4. The van der Waals surface area contributed by atoms with Crippen LogP contribution in [0.2, 0.25) is 0 Å². The summed E-state index contributed by atoms with van der Waals surface area (Å²) in [5.74, 6) is -4.30. The summed E-state index contributed by atoms with van der Waals surface area (Å²) in [6, 6.07) is 47.5. The van der Waals surface area contributed by atoms with Crippen molar-refractivity contribution in [1.82, 2.24) is 32.0 Å². The molecule has 6 aromatic rings. The Labute approximate surface area is 496 Å². The number of ketones is 1. The van der Waals surface area contributed by atoms with Crippen molar-refractivity contribution in [3.05, 3.63) is 216 Å². The first-order valence-corrected chi connectivity index (χ1v) is 28.0. The maximum atomic E-state index is 13.5. The van der Waals surface area contributed by atoms with Gasteiger partial charge in [-0.15, -0.1) is 0 Å². The molecule has 444 valence electrons. The quantitative estimate of drug-likeness (QED) is 0.00741. The number of rotatable bonds is 26. The molecule has 6 N–H and O–H groups in total. The van der Waals surface area contributed by atoms with E-state index in [1.54, 1.807) is 0 Å². The van der Waals surface area contributed by atoms with Crippen molar-refractivity contribution in [3.8, 4) is 22.3 Å². The molecule has 0 heterocycles. The molecule has 19 nitrogen and oxygen atoms in total. The largest absolute Gasteiger partial charge is 0.460 e. The second kappa shape index (κ2) is 31.9. The third-order valence-electron chi connectivity index (χ3n) is 13.9.